The van der Waals surface area contributed by atoms with Gasteiger partial charge in [-0.1, -0.05) is 23.7 Å². The first-order valence-electron chi connectivity index (χ1n) is 6.90. The van der Waals surface area contributed by atoms with Gasteiger partial charge in [-0.15, -0.1) is 0 Å². The molecule has 3 aromatic rings. The predicted octanol–water partition coefficient (Wildman–Crippen LogP) is 4.68. The fourth-order valence-corrected chi connectivity index (χ4v) is 2.59. The van der Waals surface area contributed by atoms with Gasteiger partial charge in [0.15, 0.2) is 11.9 Å². The Morgan fingerprint density at radius 1 is 1.19 bits per heavy atom. The lowest BCUT2D eigenvalue weighted by molar-refractivity contribution is 0.213. The maximum Gasteiger partial charge on any atom is 0.153 e. The third-order valence-electron chi connectivity index (χ3n) is 3.63. The second kappa shape index (κ2) is 5.41. The van der Waals surface area contributed by atoms with Crippen LogP contribution >= 0.6 is 11.6 Å². The van der Waals surface area contributed by atoms with E-state index in [1.165, 1.54) is 0 Å². The highest BCUT2D eigenvalue weighted by Crippen LogP contribution is 2.27. The summed E-state index contributed by atoms with van der Waals surface area (Å²) in [4.78, 5) is 4.66. The quantitative estimate of drug-likeness (QED) is 0.702. The molecular formula is C17H17ClN2O. The largest absolute Gasteiger partial charge is 0.483 e. The van der Waals surface area contributed by atoms with Crippen molar-refractivity contribution in [2.24, 2.45) is 7.05 Å². The number of para-hydroxylation sites is 2. The summed E-state index contributed by atoms with van der Waals surface area (Å²) in [6.45, 7) is 3.97. The molecule has 0 aliphatic heterocycles. The maximum absolute atomic E-state index is 6.04. The van der Waals surface area contributed by atoms with Crippen molar-refractivity contribution in [1.82, 2.24) is 9.55 Å². The van der Waals surface area contributed by atoms with Crippen LogP contribution in [0.4, 0.5) is 0 Å². The average Bonchev–Trinajstić information content (AvgIpc) is 2.81. The summed E-state index contributed by atoms with van der Waals surface area (Å²) in [5, 5.41) is 0.748. The number of rotatable bonds is 3. The minimum Gasteiger partial charge on any atom is -0.483 e. The number of aromatic nitrogens is 2. The van der Waals surface area contributed by atoms with Crippen molar-refractivity contribution in [3.05, 3.63) is 58.9 Å². The predicted molar refractivity (Wildman–Crippen MR) is 85.9 cm³/mol. The fraction of sp³-hybridized carbons (Fsp3) is 0.235. The van der Waals surface area contributed by atoms with E-state index in [9.17, 15) is 0 Å². The molecule has 0 aliphatic carbocycles. The zero-order chi connectivity index (χ0) is 15.0. The van der Waals surface area contributed by atoms with E-state index < -0.39 is 0 Å². The molecule has 21 heavy (non-hydrogen) atoms. The molecule has 0 bridgehead atoms. The number of nitrogens with zero attached hydrogens (tertiary/aromatic N) is 2. The topological polar surface area (TPSA) is 27.1 Å². The molecule has 1 atom stereocenters. The molecule has 3 rings (SSSR count). The number of imidazole rings is 1. The van der Waals surface area contributed by atoms with Crippen LogP contribution in [-0.4, -0.2) is 9.55 Å². The second-order valence-corrected chi connectivity index (χ2v) is 5.60. The van der Waals surface area contributed by atoms with Gasteiger partial charge >= 0.3 is 0 Å². The highest BCUT2D eigenvalue weighted by Gasteiger charge is 2.16. The SMILES string of the molecule is Cc1cc(OC(C)c2nc3ccccc3n2C)ccc1Cl. The molecule has 1 unspecified atom stereocenters. The van der Waals surface area contributed by atoms with Crippen molar-refractivity contribution in [2.45, 2.75) is 20.0 Å². The smallest absolute Gasteiger partial charge is 0.153 e. The molecule has 2 aromatic carbocycles. The van der Waals surface area contributed by atoms with Crippen LogP contribution in [0.2, 0.25) is 5.02 Å². The van der Waals surface area contributed by atoms with E-state index in [1.807, 2.05) is 57.3 Å². The Morgan fingerprint density at radius 2 is 1.95 bits per heavy atom. The summed E-state index contributed by atoms with van der Waals surface area (Å²) in [6.07, 6.45) is -0.136. The lowest BCUT2D eigenvalue weighted by Crippen LogP contribution is -2.09. The summed E-state index contributed by atoms with van der Waals surface area (Å²) >= 11 is 6.04. The molecule has 4 heteroatoms. The van der Waals surface area contributed by atoms with Crippen LogP contribution in [0, 0.1) is 6.92 Å². The molecule has 0 radical (unpaired) electrons. The Labute approximate surface area is 129 Å². The van der Waals surface area contributed by atoms with Crippen LogP contribution in [0.15, 0.2) is 42.5 Å². The third kappa shape index (κ3) is 2.61. The van der Waals surface area contributed by atoms with E-state index in [4.69, 9.17) is 16.3 Å². The normalized spacial score (nSPS) is 12.6. The summed E-state index contributed by atoms with van der Waals surface area (Å²) in [6, 6.07) is 13.8. The van der Waals surface area contributed by atoms with E-state index in [1.54, 1.807) is 0 Å². The van der Waals surface area contributed by atoms with E-state index in [2.05, 4.69) is 15.6 Å². The Morgan fingerprint density at radius 3 is 2.67 bits per heavy atom. The lowest BCUT2D eigenvalue weighted by atomic mass is 10.2. The fourth-order valence-electron chi connectivity index (χ4n) is 2.48. The molecule has 0 aliphatic rings. The number of fused-ring (bicyclic) bond motifs is 1. The van der Waals surface area contributed by atoms with E-state index in [-0.39, 0.29) is 6.10 Å². The lowest BCUT2D eigenvalue weighted by Gasteiger charge is -2.15. The number of hydrogen-bond donors (Lipinski definition) is 0. The number of aryl methyl sites for hydroxylation is 2. The Bertz CT molecular complexity index is 795. The van der Waals surface area contributed by atoms with Crippen LogP contribution in [-0.2, 0) is 7.05 Å². The minimum atomic E-state index is -0.136. The molecule has 108 valence electrons. The first kappa shape index (κ1) is 14.0. The van der Waals surface area contributed by atoms with Crippen LogP contribution < -0.4 is 4.74 Å². The van der Waals surface area contributed by atoms with Crippen molar-refractivity contribution in [2.75, 3.05) is 0 Å². The Hall–Kier alpha value is -2.00. The summed E-state index contributed by atoms with van der Waals surface area (Å²) < 4.78 is 8.08. The van der Waals surface area contributed by atoms with E-state index >= 15 is 0 Å². The average molecular weight is 301 g/mol. The van der Waals surface area contributed by atoms with Gasteiger partial charge in [-0.3, -0.25) is 0 Å². The Kier molecular flexibility index (Phi) is 3.60. The number of ether oxygens (including phenoxy) is 1. The van der Waals surface area contributed by atoms with Crippen molar-refractivity contribution >= 4 is 22.6 Å². The van der Waals surface area contributed by atoms with Crippen molar-refractivity contribution in [3.8, 4) is 5.75 Å². The van der Waals surface area contributed by atoms with Crippen LogP contribution in [0.25, 0.3) is 11.0 Å². The Balaban J connectivity index is 1.91. The monoisotopic (exact) mass is 300 g/mol. The van der Waals surface area contributed by atoms with Crippen molar-refractivity contribution in [3.63, 3.8) is 0 Å². The molecule has 0 fully saturated rings. The zero-order valence-corrected chi connectivity index (χ0v) is 13.1. The third-order valence-corrected chi connectivity index (χ3v) is 4.05. The van der Waals surface area contributed by atoms with Gasteiger partial charge in [-0.05, 0) is 49.7 Å². The molecule has 1 heterocycles. The summed E-state index contributed by atoms with van der Waals surface area (Å²) in [7, 11) is 2.01. The first-order valence-corrected chi connectivity index (χ1v) is 7.28. The van der Waals surface area contributed by atoms with Crippen LogP contribution in [0.1, 0.15) is 24.4 Å². The first-order chi connectivity index (χ1) is 10.1. The van der Waals surface area contributed by atoms with Crippen molar-refractivity contribution in [1.29, 1.82) is 0 Å². The van der Waals surface area contributed by atoms with E-state index in [0.29, 0.717) is 0 Å². The summed E-state index contributed by atoms with van der Waals surface area (Å²) in [5.74, 6) is 1.71. The highest BCUT2D eigenvalue weighted by molar-refractivity contribution is 6.31. The highest BCUT2D eigenvalue weighted by atomic mass is 35.5. The molecule has 0 saturated heterocycles. The number of hydrogen-bond acceptors (Lipinski definition) is 2. The molecule has 0 saturated carbocycles. The zero-order valence-electron chi connectivity index (χ0n) is 12.3. The van der Waals surface area contributed by atoms with Gasteiger partial charge in [0.2, 0.25) is 0 Å². The molecule has 3 nitrogen and oxygen atoms in total. The van der Waals surface area contributed by atoms with Gasteiger partial charge in [0.25, 0.3) is 0 Å². The summed E-state index contributed by atoms with van der Waals surface area (Å²) in [5.41, 5.74) is 3.10. The molecular weight excluding hydrogens is 284 g/mol. The van der Waals surface area contributed by atoms with Gasteiger partial charge < -0.3 is 9.30 Å². The minimum absolute atomic E-state index is 0.136. The van der Waals surface area contributed by atoms with Gasteiger partial charge in [0.1, 0.15) is 5.75 Å². The number of halogens is 1. The van der Waals surface area contributed by atoms with Crippen molar-refractivity contribution < 1.29 is 4.74 Å². The van der Waals surface area contributed by atoms with E-state index in [0.717, 1.165) is 33.2 Å². The van der Waals surface area contributed by atoms with Gasteiger partial charge in [-0.25, -0.2) is 4.98 Å². The van der Waals surface area contributed by atoms with Gasteiger partial charge in [-0.2, -0.15) is 0 Å². The number of benzene rings is 2. The molecule has 0 N–H and O–H groups in total. The standard InChI is InChI=1S/C17H17ClN2O/c1-11-10-13(8-9-14(11)18)21-12(2)17-19-15-6-4-5-7-16(15)20(17)3/h4-10,12H,1-3H3. The molecule has 0 spiro atoms. The molecule has 1 aromatic heterocycles. The van der Waals surface area contributed by atoms with Crippen LogP contribution in [0.5, 0.6) is 5.75 Å². The van der Waals surface area contributed by atoms with Gasteiger partial charge in [0.05, 0.1) is 11.0 Å². The second-order valence-electron chi connectivity index (χ2n) is 5.19. The molecule has 0 amide bonds. The maximum atomic E-state index is 6.04. The van der Waals surface area contributed by atoms with Gasteiger partial charge in [0, 0.05) is 12.1 Å². The van der Waals surface area contributed by atoms with Crippen LogP contribution in [0.3, 0.4) is 0 Å².